The van der Waals surface area contributed by atoms with Gasteiger partial charge in [0.05, 0.1) is 7.11 Å². The van der Waals surface area contributed by atoms with Crippen LogP contribution < -0.4 is 15.0 Å². The van der Waals surface area contributed by atoms with E-state index in [2.05, 4.69) is 29.4 Å². The van der Waals surface area contributed by atoms with Gasteiger partial charge in [-0.3, -0.25) is 4.79 Å². The number of nitrogens with zero attached hydrogens (tertiary/aromatic N) is 1. The molecular formula is C22H24N2O2. The lowest BCUT2D eigenvalue weighted by Gasteiger charge is -2.19. The van der Waals surface area contributed by atoms with Crippen LogP contribution in [0.15, 0.2) is 66.7 Å². The number of amides is 1. The summed E-state index contributed by atoms with van der Waals surface area (Å²) in [6, 6.07) is 21.7. The summed E-state index contributed by atoms with van der Waals surface area (Å²) in [5, 5.41) is 4.89. The van der Waals surface area contributed by atoms with Gasteiger partial charge in [0.25, 0.3) is 5.91 Å². The minimum atomic E-state index is -0.0498. The number of nitrogens with one attached hydrogen (secondary N) is 1. The average Bonchev–Trinajstić information content (AvgIpc) is 2.70. The van der Waals surface area contributed by atoms with Crippen LogP contribution in [0.1, 0.15) is 16.8 Å². The van der Waals surface area contributed by atoms with Gasteiger partial charge in [0.1, 0.15) is 5.75 Å². The SMILES string of the molecule is COc1ccc(C(=O)NCCCN(C)c2ccccc2)c2ccccc12. The monoisotopic (exact) mass is 348 g/mol. The lowest BCUT2D eigenvalue weighted by Crippen LogP contribution is -2.28. The van der Waals surface area contributed by atoms with Crippen LogP contribution in [0.25, 0.3) is 10.8 Å². The van der Waals surface area contributed by atoms with E-state index in [4.69, 9.17) is 4.74 Å². The number of fused-ring (bicyclic) bond motifs is 1. The number of carbonyl (C=O) groups excluding carboxylic acids is 1. The number of hydrogen-bond acceptors (Lipinski definition) is 3. The van der Waals surface area contributed by atoms with Crippen molar-refractivity contribution in [3.8, 4) is 5.75 Å². The number of anilines is 1. The van der Waals surface area contributed by atoms with Crippen LogP contribution >= 0.6 is 0 Å². The number of carbonyl (C=O) groups is 1. The Bertz CT molecular complexity index is 878. The van der Waals surface area contributed by atoms with Crippen LogP contribution in [0.5, 0.6) is 5.75 Å². The molecule has 26 heavy (non-hydrogen) atoms. The third-order valence-electron chi connectivity index (χ3n) is 4.50. The molecule has 3 aromatic rings. The van der Waals surface area contributed by atoms with Crippen LogP contribution in [0.4, 0.5) is 5.69 Å². The summed E-state index contributed by atoms with van der Waals surface area (Å²) < 4.78 is 5.39. The largest absolute Gasteiger partial charge is 0.496 e. The van der Waals surface area contributed by atoms with Gasteiger partial charge >= 0.3 is 0 Å². The zero-order valence-corrected chi connectivity index (χ0v) is 15.2. The summed E-state index contributed by atoms with van der Waals surface area (Å²) in [5.41, 5.74) is 1.86. The lowest BCUT2D eigenvalue weighted by molar-refractivity contribution is 0.0955. The van der Waals surface area contributed by atoms with Crippen molar-refractivity contribution in [1.82, 2.24) is 5.32 Å². The van der Waals surface area contributed by atoms with Gasteiger partial charge in [-0.2, -0.15) is 0 Å². The van der Waals surface area contributed by atoms with Crippen LogP contribution in [0, 0.1) is 0 Å². The lowest BCUT2D eigenvalue weighted by atomic mass is 10.0. The van der Waals surface area contributed by atoms with Crippen molar-refractivity contribution in [2.75, 3.05) is 32.1 Å². The van der Waals surface area contributed by atoms with E-state index in [1.807, 2.05) is 54.6 Å². The normalized spacial score (nSPS) is 10.5. The van der Waals surface area contributed by atoms with Gasteiger partial charge in [0.15, 0.2) is 0 Å². The molecule has 134 valence electrons. The molecule has 0 bridgehead atoms. The molecule has 3 rings (SSSR count). The fourth-order valence-electron chi connectivity index (χ4n) is 3.07. The molecule has 0 aliphatic rings. The fourth-order valence-corrected chi connectivity index (χ4v) is 3.07. The molecule has 0 heterocycles. The highest BCUT2D eigenvalue weighted by atomic mass is 16.5. The quantitative estimate of drug-likeness (QED) is 0.654. The van der Waals surface area contributed by atoms with Crippen LogP contribution in [0.2, 0.25) is 0 Å². The first-order chi connectivity index (χ1) is 12.7. The molecule has 0 aliphatic heterocycles. The van der Waals surface area contributed by atoms with Crippen molar-refractivity contribution in [1.29, 1.82) is 0 Å². The van der Waals surface area contributed by atoms with Gasteiger partial charge in [0.2, 0.25) is 0 Å². The van der Waals surface area contributed by atoms with Crippen LogP contribution in [-0.4, -0.2) is 33.2 Å². The Morgan fingerprint density at radius 1 is 0.962 bits per heavy atom. The molecule has 3 aromatic carbocycles. The van der Waals surface area contributed by atoms with Crippen molar-refractivity contribution in [2.45, 2.75) is 6.42 Å². The molecule has 0 saturated carbocycles. The number of ether oxygens (including phenoxy) is 1. The Morgan fingerprint density at radius 2 is 1.65 bits per heavy atom. The minimum absolute atomic E-state index is 0.0498. The van der Waals surface area contributed by atoms with Crippen molar-refractivity contribution in [3.63, 3.8) is 0 Å². The van der Waals surface area contributed by atoms with Gasteiger partial charge in [0, 0.05) is 36.8 Å². The smallest absolute Gasteiger partial charge is 0.251 e. The number of rotatable bonds is 7. The summed E-state index contributed by atoms with van der Waals surface area (Å²) >= 11 is 0. The molecule has 0 aromatic heterocycles. The van der Waals surface area contributed by atoms with Gasteiger partial charge in [-0.15, -0.1) is 0 Å². The predicted molar refractivity (Wildman–Crippen MR) is 107 cm³/mol. The van der Waals surface area contributed by atoms with Crippen molar-refractivity contribution >= 4 is 22.4 Å². The third-order valence-corrected chi connectivity index (χ3v) is 4.50. The van der Waals surface area contributed by atoms with Gasteiger partial charge in [-0.25, -0.2) is 0 Å². The van der Waals surface area contributed by atoms with Crippen molar-refractivity contribution in [3.05, 3.63) is 72.3 Å². The highest BCUT2D eigenvalue weighted by Crippen LogP contribution is 2.28. The molecule has 1 N–H and O–H groups in total. The molecule has 0 unspecified atom stereocenters. The maximum absolute atomic E-state index is 12.6. The maximum atomic E-state index is 12.6. The van der Waals surface area contributed by atoms with E-state index in [0.717, 1.165) is 29.5 Å². The van der Waals surface area contributed by atoms with Gasteiger partial charge in [-0.1, -0.05) is 42.5 Å². The third kappa shape index (κ3) is 3.97. The summed E-state index contributed by atoms with van der Waals surface area (Å²) in [6.45, 7) is 1.52. The van der Waals surface area contributed by atoms with Gasteiger partial charge < -0.3 is 15.0 Å². The summed E-state index contributed by atoms with van der Waals surface area (Å²) in [5.74, 6) is 0.729. The molecule has 1 amide bonds. The zero-order valence-electron chi connectivity index (χ0n) is 15.2. The highest BCUT2D eigenvalue weighted by molar-refractivity contribution is 6.08. The topological polar surface area (TPSA) is 41.6 Å². The predicted octanol–water partition coefficient (Wildman–Crippen LogP) is 4.10. The molecule has 0 radical (unpaired) electrons. The Morgan fingerprint density at radius 3 is 2.38 bits per heavy atom. The average molecular weight is 348 g/mol. The molecule has 0 fully saturated rings. The Balaban J connectivity index is 1.60. The molecular weight excluding hydrogens is 324 g/mol. The zero-order chi connectivity index (χ0) is 18.4. The Kier molecular flexibility index (Phi) is 5.74. The highest BCUT2D eigenvalue weighted by Gasteiger charge is 2.12. The Hall–Kier alpha value is -3.01. The Labute approximate surface area is 154 Å². The number of para-hydroxylation sites is 1. The molecule has 4 nitrogen and oxygen atoms in total. The standard InChI is InChI=1S/C22H24N2O2/c1-24(17-9-4-3-5-10-17)16-8-15-23-22(25)20-13-14-21(26-2)19-12-7-6-11-18(19)20/h3-7,9-14H,8,15-16H2,1-2H3,(H,23,25). The van der Waals surface area contributed by atoms with Crippen molar-refractivity contribution in [2.24, 2.45) is 0 Å². The second-order valence-corrected chi connectivity index (χ2v) is 6.23. The van der Waals surface area contributed by atoms with E-state index in [1.165, 1.54) is 5.69 Å². The summed E-state index contributed by atoms with van der Waals surface area (Å²) in [7, 11) is 3.71. The first-order valence-corrected chi connectivity index (χ1v) is 8.81. The molecule has 0 atom stereocenters. The van der Waals surface area contributed by atoms with E-state index >= 15 is 0 Å². The van der Waals surface area contributed by atoms with Crippen LogP contribution in [0.3, 0.4) is 0 Å². The van der Waals surface area contributed by atoms with E-state index < -0.39 is 0 Å². The summed E-state index contributed by atoms with van der Waals surface area (Å²) in [4.78, 5) is 14.8. The molecule has 0 aliphatic carbocycles. The number of benzene rings is 3. The minimum Gasteiger partial charge on any atom is -0.496 e. The summed E-state index contributed by atoms with van der Waals surface area (Å²) in [6.07, 6.45) is 0.880. The second kappa shape index (κ2) is 8.39. The van der Waals surface area contributed by atoms with Gasteiger partial charge in [-0.05, 0) is 36.1 Å². The first-order valence-electron chi connectivity index (χ1n) is 8.81. The van der Waals surface area contributed by atoms with Crippen molar-refractivity contribution < 1.29 is 9.53 Å². The van der Waals surface area contributed by atoms with E-state index in [9.17, 15) is 4.79 Å². The van der Waals surface area contributed by atoms with E-state index in [1.54, 1.807) is 7.11 Å². The molecule has 0 saturated heterocycles. The first kappa shape index (κ1) is 17.8. The van der Waals surface area contributed by atoms with Crippen LogP contribution in [-0.2, 0) is 0 Å². The molecule has 0 spiro atoms. The second-order valence-electron chi connectivity index (χ2n) is 6.23. The number of hydrogen-bond donors (Lipinski definition) is 1. The maximum Gasteiger partial charge on any atom is 0.251 e. The molecule has 4 heteroatoms. The fraction of sp³-hybridized carbons (Fsp3) is 0.227. The number of methoxy groups -OCH3 is 1. The van der Waals surface area contributed by atoms with E-state index in [0.29, 0.717) is 12.1 Å². The van der Waals surface area contributed by atoms with E-state index in [-0.39, 0.29) is 5.91 Å².